The van der Waals surface area contributed by atoms with Crippen molar-refractivity contribution in [3.8, 4) is 0 Å². The van der Waals surface area contributed by atoms with Gasteiger partial charge in [-0.1, -0.05) is 91.0 Å². The van der Waals surface area contributed by atoms with E-state index in [9.17, 15) is 14.9 Å². The van der Waals surface area contributed by atoms with Crippen LogP contribution in [-0.2, 0) is 5.54 Å². The third-order valence-corrected chi connectivity index (χ3v) is 6.02. The van der Waals surface area contributed by atoms with Gasteiger partial charge in [-0.2, -0.15) is 0 Å². The molecule has 0 atom stereocenters. The van der Waals surface area contributed by atoms with E-state index in [1.807, 2.05) is 91.0 Å². The van der Waals surface area contributed by atoms with Gasteiger partial charge in [0.15, 0.2) is 0 Å². The molecule has 4 aromatic carbocycles. The first-order chi connectivity index (χ1) is 15.5. The Bertz CT molecular complexity index is 1150. The van der Waals surface area contributed by atoms with Gasteiger partial charge in [0.2, 0.25) is 0 Å². The van der Waals surface area contributed by atoms with Gasteiger partial charge in [0.1, 0.15) is 5.54 Å². The van der Waals surface area contributed by atoms with Gasteiger partial charge in [0.25, 0.3) is 11.6 Å². The standard InChI is InChI=1S/C26H19BrN2O3/c27-24-17-16-22(29(31)32)18-23(24)25(30)28-26(19-10-4-1-5-11-19,20-12-6-2-7-13-20)21-14-8-3-9-15-21/h1-18H,(H,28,30). The smallest absolute Gasteiger partial charge is 0.270 e. The van der Waals surface area contributed by atoms with E-state index < -0.39 is 16.4 Å². The number of hydrogen-bond acceptors (Lipinski definition) is 3. The zero-order chi connectivity index (χ0) is 22.6. The summed E-state index contributed by atoms with van der Waals surface area (Å²) in [6.07, 6.45) is 0. The summed E-state index contributed by atoms with van der Waals surface area (Å²) in [4.78, 5) is 24.4. The molecule has 32 heavy (non-hydrogen) atoms. The SMILES string of the molecule is O=C(NC(c1ccccc1)(c1ccccc1)c1ccccc1)c1cc([N+](=O)[O-])ccc1Br. The molecule has 0 aliphatic rings. The van der Waals surface area contributed by atoms with Crippen LogP contribution in [0, 0.1) is 10.1 Å². The van der Waals surface area contributed by atoms with Crippen molar-refractivity contribution in [1.29, 1.82) is 0 Å². The van der Waals surface area contributed by atoms with E-state index in [4.69, 9.17) is 0 Å². The molecule has 158 valence electrons. The number of nitrogens with one attached hydrogen (secondary N) is 1. The molecule has 0 saturated carbocycles. The van der Waals surface area contributed by atoms with E-state index in [-0.39, 0.29) is 11.3 Å². The number of nitro groups is 1. The molecule has 1 N–H and O–H groups in total. The van der Waals surface area contributed by atoms with Crippen LogP contribution in [0.4, 0.5) is 5.69 Å². The lowest BCUT2D eigenvalue weighted by atomic mass is 9.77. The Balaban J connectivity index is 1.94. The first-order valence-electron chi connectivity index (χ1n) is 9.95. The van der Waals surface area contributed by atoms with E-state index >= 15 is 0 Å². The molecule has 1 amide bonds. The summed E-state index contributed by atoms with van der Waals surface area (Å²) in [5, 5.41) is 14.5. The van der Waals surface area contributed by atoms with Crippen LogP contribution >= 0.6 is 15.9 Å². The van der Waals surface area contributed by atoms with E-state index in [0.717, 1.165) is 16.7 Å². The molecule has 0 aliphatic carbocycles. The van der Waals surface area contributed by atoms with Crippen molar-refractivity contribution in [2.24, 2.45) is 0 Å². The largest absolute Gasteiger partial charge is 0.334 e. The lowest BCUT2D eigenvalue weighted by Gasteiger charge is -2.37. The highest BCUT2D eigenvalue weighted by Gasteiger charge is 2.38. The van der Waals surface area contributed by atoms with Crippen molar-refractivity contribution >= 4 is 27.5 Å². The highest BCUT2D eigenvalue weighted by atomic mass is 79.9. The molecule has 6 heteroatoms. The first kappa shape index (κ1) is 21.5. The number of amides is 1. The van der Waals surface area contributed by atoms with Gasteiger partial charge >= 0.3 is 0 Å². The molecular formula is C26H19BrN2O3. The minimum absolute atomic E-state index is 0.150. The predicted molar refractivity (Wildman–Crippen MR) is 127 cm³/mol. The normalized spacial score (nSPS) is 11.0. The molecule has 0 aromatic heterocycles. The number of carbonyl (C=O) groups excluding carboxylic acids is 1. The van der Waals surface area contributed by atoms with Gasteiger partial charge in [0, 0.05) is 16.6 Å². The minimum atomic E-state index is -1.01. The van der Waals surface area contributed by atoms with E-state index in [1.54, 1.807) is 0 Å². The third-order valence-electron chi connectivity index (χ3n) is 5.33. The number of hydrogen-bond donors (Lipinski definition) is 1. The van der Waals surface area contributed by atoms with E-state index in [0.29, 0.717) is 4.47 Å². The minimum Gasteiger partial charge on any atom is -0.334 e. The van der Waals surface area contributed by atoms with Gasteiger partial charge in [-0.3, -0.25) is 14.9 Å². The molecule has 0 spiro atoms. The lowest BCUT2D eigenvalue weighted by molar-refractivity contribution is -0.384. The molecular weight excluding hydrogens is 468 g/mol. The number of nitro benzene ring substituents is 1. The molecule has 0 heterocycles. The summed E-state index contributed by atoms with van der Waals surface area (Å²) < 4.78 is 0.476. The molecule has 0 unspecified atom stereocenters. The number of rotatable bonds is 6. The highest BCUT2D eigenvalue weighted by molar-refractivity contribution is 9.10. The van der Waals surface area contributed by atoms with Crippen LogP contribution in [0.15, 0.2) is 114 Å². The van der Waals surface area contributed by atoms with Crippen molar-refractivity contribution in [1.82, 2.24) is 5.32 Å². The summed E-state index contributed by atoms with van der Waals surface area (Å²) in [7, 11) is 0. The maximum atomic E-state index is 13.6. The number of carbonyl (C=O) groups is 1. The Hall–Kier alpha value is -3.77. The Morgan fingerprint density at radius 2 is 1.19 bits per heavy atom. The fourth-order valence-corrected chi connectivity index (χ4v) is 4.25. The lowest BCUT2D eigenvalue weighted by Crippen LogP contribution is -2.47. The van der Waals surface area contributed by atoms with Crippen LogP contribution in [-0.4, -0.2) is 10.8 Å². The van der Waals surface area contributed by atoms with Gasteiger partial charge in [-0.15, -0.1) is 0 Å². The molecule has 0 bridgehead atoms. The van der Waals surface area contributed by atoms with Gasteiger partial charge in [-0.25, -0.2) is 0 Å². The average molecular weight is 487 g/mol. The Kier molecular flexibility index (Phi) is 6.14. The van der Waals surface area contributed by atoms with E-state index in [2.05, 4.69) is 21.2 Å². The molecule has 4 aromatic rings. The fourth-order valence-electron chi connectivity index (χ4n) is 3.82. The van der Waals surface area contributed by atoms with Crippen molar-refractivity contribution in [2.45, 2.75) is 5.54 Å². The quantitative estimate of drug-likeness (QED) is 0.204. The molecule has 5 nitrogen and oxygen atoms in total. The number of nitrogens with zero attached hydrogens (tertiary/aromatic N) is 1. The second kappa shape index (κ2) is 9.16. The monoisotopic (exact) mass is 486 g/mol. The van der Waals surface area contributed by atoms with Crippen LogP contribution < -0.4 is 5.32 Å². The van der Waals surface area contributed by atoms with Crippen LogP contribution in [0.2, 0.25) is 0 Å². The zero-order valence-corrected chi connectivity index (χ0v) is 18.5. The summed E-state index contributed by atoms with van der Waals surface area (Å²) in [6, 6.07) is 33.2. The predicted octanol–water partition coefficient (Wildman–Crippen LogP) is 6.08. The van der Waals surface area contributed by atoms with Crippen LogP contribution in [0.25, 0.3) is 0 Å². The third kappa shape index (κ3) is 4.05. The molecule has 0 aliphatic heterocycles. The maximum Gasteiger partial charge on any atom is 0.270 e. The Morgan fingerprint density at radius 1 is 0.750 bits per heavy atom. The van der Waals surface area contributed by atoms with Gasteiger partial charge < -0.3 is 5.32 Å². The topological polar surface area (TPSA) is 72.2 Å². The number of halogens is 1. The summed E-state index contributed by atoms with van der Waals surface area (Å²) in [5.41, 5.74) is 1.63. The first-order valence-corrected chi connectivity index (χ1v) is 10.7. The zero-order valence-electron chi connectivity index (χ0n) is 16.9. The molecule has 0 radical (unpaired) electrons. The second-order valence-corrected chi connectivity index (χ2v) is 8.08. The summed E-state index contributed by atoms with van der Waals surface area (Å²) >= 11 is 3.37. The summed E-state index contributed by atoms with van der Waals surface area (Å²) in [5.74, 6) is -0.433. The number of benzene rings is 4. The number of non-ortho nitro benzene ring substituents is 1. The second-order valence-electron chi connectivity index (χ2n) is 7.22. The van der Waals surface area contributed by atoms with Crippen molar-refractivity contribution in [3.63, 3.8) is 0 Å². The van der Waals surface area contributed by atoms with Crippen molar-refractivity contribution < 1.29 is 9.72 Å². The van der Waals surface area contributed by atoms with Gasteiger partial charge in [0.05, 0.1) is 10.5 Å². The van der Waals surface area contributed by atoms with Crippen molar-refractivity contribution in [2.75, 3.05) is 0 Å². The highest BCUT2D eigenvalue weighted by Crippen LogP contribution is 2.37. The fraction of sp³-hybridized carbons (Fsp3) is 0.0385. The molecule has 0 fully saturated rings. The molecule has 0 saturated heterocycles. The van der Waals surface area contributed by atoms with Crippen LogP contribution in [0.1, 0.15) is 27.0 Å². The summed E-state index contributed by atoms with van der Waals surface area (Å²) in [6.45, 7) is 0. The Labute approximate surface area is 194 Å². The van der Waals surface area contributed by atoms with Crippen LogP contribution in [0.5, 0.6) is 0 Å². The van der Waals surface area contributed by atoms with Crippen LogP contribution in [0.3, 0.4) is 0 Å². The van der Waals surface area contributed by atoms with Crippen molar-refractivity contribution in [3.05, 3.63) is 146 Å². The maximum absolute atomic E-state index is 13.6. The van der Waals surface area contributed by atoms with Gasteiger partial charge in [-0.05, 0) is 38.7 Å². The average Bonchev–Trinajstić information content (AvgIpc) is 2.84. The molecule has 4 rings (SSSR count). The van der Waals surface area contributed by atoms with E-state index in [1.165, 1.54) is 18.2 Å². The Morgan fingerprint density at radius 3 is 1.59 bits per heavy atom.